The van der Waals surface area contributed by atoms with Gasteiger partial charge in [-0.2, -0.15) is 0 Å². The first-order valence-electron chi connectivity index (χ1n) is 7.44. The van der Waals surface area contributed by atoms with Crippen molar-refractivity contribution in [3.05, 3.63) is 35.9 Å². The third-order valence-electron chi connectivity index (χ3n) is 3.43. The third-order valence-corrected chi connectivity index (χ3v) is 3.43. The summed E-state index contributed by atoms with van der Waals surface area (Å²) >= 11 is 0. The van der Waals surface area contributed by atoms with Gasteiger partial charge in [0.05, 0.1) is 0 Å². The first-order valence-corrected chi connectivity index (χ1v) is 7.44. The molecule has 7 heteroatoms. The number of carboxylic acids is 2. The van der Waals surface area contributed by atoms with Crippen molar-refractivity contribution < 1.29 is 24.6 Å². The summed E-state index contributed by atoms with van der Waals surface area (Å²) in [6.07, 6.45) is 1.36. The van der Waals surface area contributed by atoms with Gasteiger partial charge in [-0.15, -0.1) is 0 Å². The number of carbonyl (C=O) groups is 3. The van der Waals surface area contributed by atoms with Crippen LogP contribution in [-0.4, -0.2) is 46.6 Å². The van der Waals surface area contributed by atoms with Crippen molar-refractivity contribution in [3.8, 4) is 0 Å². The molecule has 1 rings (SSSR count). The Morgan fingerprint density at radius 1 is 1.04 bits per heavy atom. The highest BCUT2D eigenvalue weighted by Crippen LogP contribution is 2.06. The molecule has 0 fully saturated rings. The maximum Gasteiger partial charge on any atom is 0.321 e. The highest BCUT2D eigenvalue weighted by molar-refractivity contribution is 5.98. The maximum absolute atomic E-state index is 12.0. The van der Waals surface area contributed by atoms with Gasteiger partial charge in [-0.3, -0.25) is 14.4 Å². The van der Waals surface area contributed by atoms with Crippen molar-refractivity contribution in [2.75, 3.05) is 6.54 Å². The number of hydrogen-bond acceptors (Lipinski definition) is 5. The van der Waals surface area contributed by atoms with Crippen LogP contribution >= 0.6 is 0 Å². The van der Waals surface area contributed by atoms with Crippen LogP contribution in [-0.2, 0) is 9.59 Å². The number of aliphatic carboxylic acids is 2. The summed E-state index contributed by atoms with van der Waals surface area (Å²) in [6, 6.07) is 6.67. The second kappa shape index (κ2) is 9.70. The zero-order valence-corrected chi connectivity index (χ0v) is 12.8. The summed E-state index contributed by atoms with van der Waals surface area (Å²) in [6.45, 7) is 0.380. The molecule has 0 radical (unpaired) electrons. The summed E-state index contributed by atoms with van der Waals surface area (Å²) < 4.78 is 0. The Morgan fingerprint density at radius 3 is 2.26 bits per heavy atom. The monoisotopic (exact) mass is 322 g/mol. The Labute approximate surface area is 134 Å². The molecule has 7 nitrogen and oxygen atoms in total. The van der Waals surface area contributed by atoms with Crippen LogP contribution in [0.5, 0.6) is 0 Å². The van der Waals surface area contributed by atoms with Crippen LogP contribution in [0.25, 0.3) is 0 Å². The van der Waals surface area contributed by atoms with Crippen LogP contribution in [0.3, 0.4) is 0 Å². The van der Waals surface area contributed by atoms with Gasteiger partial charge in [0, 0.05) is 12.0 Å². The molecule has 0 amide bonds. The topological polar surface area (TPSA) is 130 Å². The third kappa shape index (κ3) is 7.03. The Morgan fingerprint density at radius 2 is 1.70 bits per heavy atom. The van der Waals surface area contributed by atoms with Gasteiger partial charge >= 0.3 is 11.9 Å². The number of hydrogen-bond donors (Lipinski definition) is 4. The minimum atomic E-state index is -1.09. The molecule has 0 saturated heterocycles. The molecule has 0 aliphatic heterocycles. The smallest absolute Gasteiger partial charge is 0.321 e. The maximum atomic E-state index is 12.0. The van der Waals surface area contributed by atoms with Gasteiger partial charge in [-0.25, -0.2) is 0 Å². The van der Waals surface area contributed by atoms with E-state index in [2.05, 4.69) is 5.32 Å². The van der Waals surface area contributed by atoms with Crippen molar-refractivity contribution in [1.82, 2.24) is 5.32 Å². The first kappa shape index (κ1) is 18.8. The van der Waals surface area contributed by atoms with Crippen molar-refractivity contribution in [2.45, 2.75) is 37.8 Å². The van der Waals surface area contributed by atoms with E-state index in [1.54, 1.807) is 30.3 Å². The molecule has 1 unspecified atom stereocenters. The molecule has 5 N–H and O–H groups in total. The zero-order chi connectivity index (χ0) is 17.2. The fraction of sp³-hybridized carbons (Fsp3) is 0.438. The highest BCUT2D eigenvalue weighted by Gasteiger charge is 2.21. The van der Waals surface area contributed by atoms with Gasteiger partial charge in [0.1, 0.15) is 12.1 Å². The number of benzene rings is 1. The van der Waals surface area contributed by atoms with E-state index in [1.165, 1.54) is 0 Å². The van der Waals surface area contributed by atoms with Crippen LogP contribution in [0.4, 0.5) is 0 Å². The van der Waals surface area contributed by atoms with E-state index in [-0.39, 0.29) is 12.2 Å². The number of Topliss-reactive ketones (excluding diaryl/α,β-unsaturated/α-hetero) is 1. The van der Waals surface area contributed by atoms with Crippen LogP contribution in [0, 0.1) is 0 Å². The number of nitrogens with two attached hydrogens (primary N) is 1. The van der Waals surface area contributed by atoms with Gasteiger partial charge in [0.2, 0.25) is 0 Å². The van der Waals surface area contributed by atoms with Gasteiger partial charge in [-0.05, 0) is 19.4 Å². The standard InChI is InChI=1S/C16H22N2O5/c17-12(15(20)21)8-4-5-9-18-13(16(22)23)10-14(19)11-6-2-1-3-7-11/h1-3,6-7,12-13,18H,4-5,8-10,17H2,(H,20,21)(H,22,23)/t12-,13?/m0/s1. The fourth-order valence-corrected chi connectivity index (χ4v) is 2.06. The zero-order valence-electron chi connectivity index (χ0n) is 12.8. The Balaban J connectivity index is 2.37. The molecule has 1 aromatic rings. The number of carbonyl (C=O) groups excluding carboxylic acids is 1. The normalized spacial score (nSPS) is 13.3. The first-order chi connectivity index (χ1) is 10.9. The quantitative estimate of drug-likeness (QED) is 0.351. The lowest BCUT2D eigenvalue weighted by Gasteiger charge is -2.14. The van der Waals surface area contributed by atoms with Crippen molar-refractivity contribution in [1.29, 1.82) is 0 Å². The Kier molecular flexibility index (Phi) is 7.93. The molecule has 0 bridgehead atoms. The van der Waals surface area contributed by atoms with E-state index in [0.717, 1.165) is 0 Å². The van der Waals surface area contributed by atoms with Crippen LogP contribution in [0.1, 0.15) is 36.0 Å². The molecule has 126 valence electrons. The second-order valence-corrected chi connectivity index (χ2v) is 5.28. The summed E-state index contributed by atoms with van der Waals surface area (Å²) in [5.41, 5.74) is 5.86. The van der Waals surface area contributed by atoms with Gasteiger partial charge in [0.15, 0.2) is 5.78 Å². The van der Waals surface area contributed by atoms with E-state index in [1.807, 2.05) is 0 Å². The molecular formula is C16H22N2O5. The summed E-state index contributed by atoms with van der Waals surface area (Å²) in [5.74, 6) is -2.37. The van der Waals surface area contributed by atoms with Crippen LogP contribution < -0.4 is 11.1 Å². The summed E-state index contributed by atoms with van der Waals surface area (Å²) in [7, 11) is 0. The second-order valence-electron chi connectivity index (χ2n) is 5.28. The lowest BCUT2D eigenvalue weighted by atomic mass is 10.0. The SMILES string of the molecule is N[C@@H](CCCCNC(CC(=O)c1ccccc1)C(=O)O)C(=O)O. The minimum Gasteiger partial charge on any atom is -0.480 e. The highest BCUT2D eigenvalue weighted by atomic mass is 16.4. The molecule has 0 spiro atoms. The molecule has 0 aromatic heterocycles. The van der Waals surface area contributed by atoms with E-state index >= 15 is 0 Å². The van der Waals surface area contributed by atoms with Gasteiger partial charge in [-0.1, -0.05) is 36.8 Å². The molecular weight excluding hydrogens is 300 g/mol. The van der Waals surface area contributed by atoms with Gasteiger partial charge < -0.3 is 21.3 Å². The fourth-order valence-electron chi connectivity index (χ4n) is 2.06. The van der Waals surface area contributed by atoms with Gasteiger partial charge in [0.25, 0.3) is 0 Å². The largest absolute Gasteiger partial charge is 0.480 e. The predicted molar refractivity (Wildman–Crippen MR) is 84.3 cm³/mol. The molecule has 0 saturated carbocycles. The van der Waals surface area contributed by atoms with E-state index < -0.39 is 24.0 Å². The lowest BCUT2D eigenvalue weighted by molar-refractivity contribution is -0.139. The van der Waals surface area contributed by atoms with Crippen molar-refractivity contribution in [2.24, 2.45) is 5.73 Å². The Hall–Kier alpha value is -2.25. The molecule has 0 heterocycles. The van der Waals surface area contributed by atoms with Crippen LogP contribution in [0.2, 0.25) is 0 Å². The number of rotatable bonds is 11. The summed E-state index contributed by atoms with van der Waals surface area (Å²) in [5, 5.41) is 20.6. The minimum absolute atomic E-state index is 0.131. The van der Waals surface area contributed by atoms with E-state index in [0.29, 0.717) is 31.4 Å². The van der Waals surface area contributed by atoms with Crippen molar-refractivity contribution in [3.63, 3.8) is 0 Å². The van der Waals surface area contributed by atoms with E-state index in [9.17, 15) is 19.5 Å². The molecule has 23 heavy (non-hydrogen) atoms. The van der Waals surface area contributed by atoms with Crippen molar-refractivity contribution >= 4 is 17.7 Å². The average molecular weight is 322 g/mol. The molecule has 0 aliphatic rings. The number of ketones is 1. The Bertz CT molecular complexity index is 533. The van der Waals surface area contributed by atoms with Crippen LogP contribution in [0.15, 0.2) is 30.3 Å². The van der Waals surface area contributed by atoms with E-state index in [4.69, 9.17) is 10.8 Å². The number of nitrogens with one attached hydrogen (secondary N) is 1. The molecule has 1 aromatic carbocycles. The number of carboxylic acid groups (broad SMARTS) is 2. The predicted octanol–water partition coefficient (Wildman–Crippen LogP) is 0.884. The average Bonchev–Trinajstić information content (AvgIpc) is 2.53. The molecule has 2 atom stereocenters. The molecule has 0 aliphatic carbocycles. The lowest BCUT2D eigenvalue weighted by Crippen LogP contribution is -2.39. The number of unbranched alkanes of at least 4 members (excludes halogenated alkanes) is 1. The summed E-state index contributed by atoms with van der Waals surface area (Å²) in [4.78, 5) is 33.8.